The molecule has 5 rings (SSSR count). The first kappa shape index (κ1) is 26.4. The lowest BCUT2D eigenvalue weighted by molar-refractivity contribution is 0.0700. The Bertz CT molecular complexity index is 1720. The molecule has 2 heterocycles. The van der Waals surface area contributed by atoms with Gasteiger partial charge in [-0.3, -0.25) is 9.59 Å². The first-order chi connectivity index (χ1) is 18.9. The van der Waals surface area contributed by atoms with Crippen LogP contribution in [0.5, 0.6) is 5.75 Å². The number of thiophene rings is 1. The number of para-hydroxylation sites is 1. The van der Waals surface area contributed by atoms with Crippen molar-refractivity contribution in [3.63, 3.8) is 0 Å². The fourth-order valence-electron chi connectivity index (χ4n) is 3.53. The van der Waals surface area contributed by atoms with E-state index in [1.54, 1.807) is 54.6 Å². The summed E-state index contributed by atoms with van der Waals surface area (Å²) in [7, 11) is 0. The molecule has 3 aromatic carbocycles. The third-order valence-electron chi connectivity index (χ3n) is 5.42. The summed E-state index contributed by atoms with van der Waals surface area (Å²) in [6, 6.07) is 21.8. The van der Waals surface area contributed by atoms with Crippen molar-refractivity contribution in [1.29, 1.82) is 0 Å². The molecule has 2 N–H and O–H groups in total. The molecule has 0 aliphatic rings. The molecule has 2 aromatic heterocycles. The van der Waals surface area contributed by atoms with Gasteiger partial charge in [-0.25, -0.2) is 10.2 Å². The highest BCUT2D eigenvalue weighted by Crippen LogP contribution is 2.37. The van der Waals surface area contributed by atoms with Gasteiger partial charge in [-0.1, -0.05) is 45.7 Å². The van der Waals surface area contributed by atoms with Crippen LogP contribution in [0.4, 0.5) is 5.69 Å². The summed E-state index contributed by atoms with van der Waals surface area (Å²) in [5, 5.41) is 7.97. The first-order valence-electron chi connectivity index (χ1n) is 11.4. The van der Waals surface area contributed by atoms with Crippen LogP contribution >= 0.6 is 38.9 Å². The zero-order valence-electron chi connectivity index (χ0n) is 19.8. The van der Waals surface area contributed by atoms with Crippen LogP contribution in [-0.4, -0.2) is 24.0 Å². The molecule has 0 bridgehead atoms. The second-order valence-corrected chi connectivity index (χ2v) is 10.4. The standard InChI is InChI=1S/C28H17BrClN3O5S/c29-18-9-12-20-23(14-18)39-25(24(20)30)27(35)32-19-10-7-16(8-11-19)26(34)33-31-15-17-4-1-2-5-21(17)38-28(36)22-6-3-13-37-22/h1-15H,(H,32,35)(H,33,34)/b31-15-. The average molecular weight is 623 g/mol. The average Bonchev–Trinajstić information content (AvgIpc) is 3.58. The summed E-state index contributed by atoms with van der Waals surface area (Å²) < 4.78 is 12.2. The van der Waals surface area contributed by atoms with Crippen molar-refractivity contribution < 1.29 is 23.5 Å². The van der Waals surface area contributed by atoms with Crippen molar-refractivity contribution in [2.45, 2.75) is 0 Å². The minimum Gasteiger partial charge on any atom is -0.457 e. The van der Waals surface area contributed by atoms with E-state index in [4.69, 9.17) is 20.8 Å². The number of nitrogens with zero attached hydrogens (tertiary/aromatic N) is 1. The molecule has 0 fully saturated rings. The third kappa shape index (κ3) is 6.09. The molecule has 0 unspecified atom stereocenters. The number of hydrazone groups is 1. The van der Waals surface area contributed by atoms with Gasteiger partial charge in [0.15, 0.2) is 0 Å². The van der Waals surface area contributed by atoms with E-state index in [2.05, 4.69) is 31.8 Å². The number of hydrogen-bond donors (Lipinski definition) is 2. The number of hydrogen-bond acceptors (Lipinski definition) is 7. The molecule has 0 aliphatic carbocycles. The van der Waals surface area contributed by atoms with Gasteiger partial charge in [-0.15, -0.1) is 11.3 Å². The molecule has 0 saturated heterocycles. The van der Waals surface area contributed by atoms with Crippen LogP contribution < -0.4 is 15.5 Å². The van der Waals surface area contributed by atoms with Gasteiger partial charge in [0.25, 0.3) is 11.8 Å². The van der Waals surface area contributed by atoms with E-state index in [9.17, 15) is 14.4 Å². The van der Waals surface area contributed by atoms with Gasteiger partial charge in [-0.05, 0) is 60.7 Å². The molecule has 2 amide bonds. The van der Waals surface area contributed by atoms with E-state index in [1.165, 1.54) is 29.9 Å². The molecule has 11 heteroatoms. The summed E-state index contributed by atoms with van der Waals surface area (Å²) in [6.07, 6.45) is 2.74. The molecule has 0 saturated carbocycles. The van der Waals surface area contributed by atoms with Gasteiger partial charge in [-0.2, -0.15) is 5.10 Å². The van der Waals surface area contributed by atoms with Crippen molar-refractivity contribution >= 4 is 78.6 Å². The highest BCUT2D eigenvalue weighted by atomic mass is 79.9. The maximum atomic E-state index is 12.8. The molecule has 8 nitrogen and oxygen atoms in total. The molecule has 5 aromatic rings. The summed E-state index contributed by atoms with van der Waals surface area (Å²) >= 11 is 11.1. The molecule has 194 valence electrons. The molecular formula is C28H17BrClN3O5S. The van der Waals surface area contributed by atoms with Crippen LogP contribution in [0.1, 0.15) is 36.1 Å². The fraction of sp³-hybridized carbons (Fsp3) is 0. The minimum absolute atomic E-state index is 0.0647. The Morgan fingerprint density at radius 2 is 1.77 bits per heavy atom. The lowest BCUT2D eigenvalue weighted by Crippen LogP contribution is -2.18. The number of ether oxygens (including phenoxy) is 1. The van der Waals surface area contributed by atoms with Crippen molar-refractivity contribution in [1.82, 2.24) is 5.43 Å². The molecule has 39 heavy (non-hydrogen) atoms. The number of nitrogens with one attached hydrogen (secondary N) is 2. The molecular weight excluding hydrogens is 606 g/mol. The predicted molar refractivity (Wildman–Crippen MR) is 154 cm³/mol. The van der Waals surface area contributed by atoms with Gasteiger partial charge in [0.2, 0.25) is 5.76 Å². The van der Waals surface area contributed by atoms with Crippen molar-refractivity contribution in [2.75, 3.05) is 5.32 Å². The van der Waals surface area contributed by atoms with Gasteiger partial charge in [0.05, 0.1) is 17.5 Å². The monoisotopic (exact) mass is 621 g/mol. The minimum atomic E-state index is -0.653. The van der Waals surface area contributed by atoms with Gasteiger partial charge >= 0.3 is 5.97 Å². The van der Waals surface area contributed by atoms with Crippen LogP contribution in [0.15, 0.2) is 99.1 Å². The quantitative estimate of drug-likeness (QED) is 0.0867. The summed E-state index contributed by atoms with van der Waals surface area (Å²) in [5.41, 5.74) is 3.74. The number of halogens is 2. The van der Waals surface area contributed by atoms with E-state index in [0.717, 1.165) is 14.6 Å². The Hall–Kier alpha value is -4.25. The Labute approximate surface area is 239 Å². The zero-order valence-corrected chi connectivity index (χ0v) is 23.0. The van der Waals surface area contributed by atoms with Gasteiger partial charge < -0.3 is 14.5 Å². The van der Waals surface area contributed by atoms with Crippen molar-refractivity contribution in [3.05, 3.63) is 116 Å². The number of benzene rings is 3. The highest BCUT2D eigenvalue weighted by Gasteiger charge is 2.18. The SMILES string of the molecule is O=C(N/N=C\c1ccccc1OC(=O)c1ccco1)c1ccc(NC(=O)c2sc3cc(Br)ccc3c2Cl)cc1. The highest BCUT2D eigenvalue weighted by molar-refractivity contribution is 9.10. The summed E-state index contributed by atoms with van der Waals surface area (Å²) in [6.45, 7) is 0. The zero-order chi connectivity index (χ0) is 27.4. The fourth-order valence-corrected chi connectivity index (χ4v) is 5.49. The Morgan fingerprint density at radius 1 is 0.974 bits per heavy atom. The number of anilines is 1. The summed E-state index contributed by atoms with van der Waals surface area (Å²) in [5.74, 6) is -1.14. The molecule has 0 radical (unpaired) electrons. The largest absolute Gasteiger partial charge is 0.457 e. The second kappa shape index (κ2) is 11.6. The molecule has 0 aliphatic heterocycles. The van der Waals surface area contributed by atoms with Crippen molar-refractivity contribution in [2.24, 2.45) is 5.10 Å². The number of rotatable bonds is 7. The second-order valence-electron chi connectivity index (χ2n) is 8.02. The normalized spacial score (nSPS) is 11.0. The van der Waals surface area contributed by atoms with Crippen LogP contribution in [0, 0.1) is 0 Å². The van der Waals surface area contributed by atoms with Crippen molar-refractivity contribution in [3.8, 4) is 5.75 Å². The number of amides is 2. The maximum Gasteiger partial charge on any atom is 0.379 e. The Kier molecular flexibility index (Phi) is 7.87. The van der Waals surface area contributed by atoms with Crippen LogP contribution in [-0.2, 0) is 0 Å². The van der Waals surface area contributed by atoms with E-state index in [0.29, 0.717) is 26.7 Å². The van der Waals surface area contributed by atoms with E-state index >= 15 is 0 Å². The van der Waals surface area contributed by atoms with Gasteiger partial charge in [0, 0.05) is 31.4 Å². The lowest BCUT2D eigenvalue weighted by atomic mass is 10.2. The predicted octanol–water partition coefficient (Wildman–Crippen LogP) is 7.15. The maximum absolute atomic E-state index is 12.8. The number of carbonyl (C=O) groups is 3. The first-order valence-corrected chi connectivity index (χ1v) is 13.3. The van der Waals surface area contributed by atoms with Crippen LogP contribution in [0.25, 0.3) is 10.1 Å². The molecule has 0 spiro atoms. The topological polar surface area (TPSA) is 110 Å². The number of esters is 1. The third-order valence-corrected chi connectivity index (χ3v) is 7.57. The number of carbonyl (C=O) groups excluding carboxylic acids is 3. The summed E-state index contributed by atoms with van der Waals surface area (Å²) in [4.78, 5) is 37.9. The lowest BCUT2D eigenvalue weighted by Gasteiger charge is -2.06. The van der Waals surface area contributed by atoms with Crippen LogP contribution in [0.3, 0.4) is 0 Å². The van der Waals surface area contributed by atoms with Crippen LogP contribution in [0.2, 0.25) is 5.02 Å². The van der Waals surface area contributed by atoms with E-state index in [1.807, 2.05) is 18.2 Å². The van der Waals surface area contributed by atoms with E-state index in [-0.39, 0.29) is 17.4 Å². The van der Waals surface area contributed by atoms with E-state index < -0.39 is 11.9 Å². The van der Waals surface area contributed by atoms with Gasteiger partial charge in [0.1, 0.15) is 10.6 Å². The Balaban J connectivity index is 1.20. The number of furan rings is 1. The number of fused-ring (bicyclic) bond motifs is 1. The Morgan fingerprint density at radius 3 is 2.54 bits per heavy atom. The molecule has 0 atom stereocenters. The smallest absolute Gasteiger partial charge is 0.379 e.